The van der Waals surface area contributed by atoms with Crippen molar-refractivity contribution in [3.63, 3.8) is 0 Å². The number of anilines is 1. The van der Waals surface area contributed by atoms with Crippen molar-refractivity contribution in [2.75, 3.05) is 11.6 Å². The van der Waals surface area contributed by atoms with Crippen LogP contribution in [0.25, 0.3) is 10.9 Å². The van der Waals surface area contributed by atoms with Gasteiger partial charge in [0.05, 0.1) is 22.1 Å². The van der Waals surface area contributed by atoms with E-state index in [1.807, 2.05) is 0 Å². The molecule has 1 aromatic heterocycles. The lowest BCUT2D eigenvalue weighted by Gasteiger charge is -2.17. The zero-order valence-electron chi connectivity index (χ0n) is 16.5. The Morgan fingerprint density at radius 2 is 1.83 bits per heavy atom. The molecule has 1 N–H and O–H groups in total. The second-order valence-corrected chi connectivity index (χ2v) is 9.03. The molecule has 30 heavy (non-hydrogen) atoms. The standard InChI is InChI=1S/C20H20F3N3O3S/c1-12(2)29-14-5-4-13(17(8-14)20(21,22)23)10-24-19-16-9-15(30(3,27)28)6-7-18(16)25-11-26-19/h4-9,11-12H,10H2,1-3H3,(H,24,25,26). The highest BCUT2D eigenvalue weighted by molar-refractivity contribution is 7.90. The van der Waals surface area contributed by atoms with Gasteiger partial charge in [0, 0.05) is 18.2 Å². The lowest BCUT2D eigenvalue weighted by atomic mass is 10.1. The van der Waals surface area contributed by atoms with Crippen LogP contribution in [0.1, 0.15) is 25.0 Å². The van der Waals surface area contributed by atoms with E-state index in [1.165, 1.54) is 36.7 Å². The van der Waals surface area contributed by atoms with Crippen LogP contribution in [0, 0.1) is 0 Å². The van der Waals surface area contributed by atoms with Crippen molar-refractivity contribution < 1.29 is 26.3 Å². The Bertz CT molecular complexity index is 1180. The molecule has 1 heterocycles. The summed E-state index contributed by atoms with van der Waals surface area (Å²) in [5.41, 5.74) is -0.343. The van der Waals surface area contributed by atoms with E-state index in [1.54, 1.807) is 13.8 Å². The van der Waals surface area contributed by atoms with Crippen LogP contribution in [0.4, 0.5) is 19.0 Å². The number of nitrogens with one attached hydrogen (secondary N) is 1. The van der Waals surface area contributed by atoms with Crippen LogP contribution < -0.4 is 10.1 Å². The maximum atomic E-state index is 13.6. The maximum absolute atomic E-state index is 13.6. The van der Waals surface area contributed by atoms with Gasteiger partial charge in [0.2, 0.25) is 0 Å². The summed E-state index contributed by atoms with van der Waals surface area (Å²) in [4.78, 5) is 8.21. The smallest absolute Gasteiger partial charge is 0.416 e. The van der Waals surface area contributed by atoms with Gasteiger partial charge in [-0.15, -0.1) is 0 Å². The molecule has 0 fully saturated rings. The van der Waals surface area contributed by atoms with Crippen LogP contribution in [-0.4, -0.2) is 30.7 Å². The van der Waals surface area contributed by atoms with Gasteiger partial charge >= 0.3 is 6.18 Å². The first-order valence-corrected chi connectivity index (χ1v) is 10.9. The third kappa shape index (κ3) is 4.99. The van der Waals surface area contributed by atoms with Crippen molar-refractivity contribution in [1.82, 2.24) is 9.97 Å². The van der Waals surface area contributed by atoms with Crippen molar-refractivity contribution in [3.8, 4) is 5.75 Å². The van der Waals surface area contributed by atoms with Gasteiger partial charge in [-0.3, -0.25) is 0 Å². The number of fused-ring (bicyclic) bond motifs is 1. The summed E-state index contributed by atoms with van der Waals surface area (Å²) in [5.74, 6) is 0.368. The lowest BCUT2D eigenvalue weighted by Crippen LogP contribution is -2.14. The van der Waals surface area contributed by atoms with Crippen LogP contribution in [0.2, 0.25) is 0 Å². The largest absolute Gasteiger partial charge is 0.491 e. The average Bonchev–Trinajstić information content (AvgIpc) is 2.64. The van der Waals surface area contributed by atoms with Crippen LogP contribution >= 0.6 is 0 Å². The molecule has 0 atom stereocenters. The van der Waals surface area contributed by atoms with E-state index in [0.29, 0.717) is 10.9 Å². The lowest BCUT2D eigenvalue weighted by molar-refractivity contribution is -0.138. The minimum atomic E-state index is -4.56. The Hall–Kier alpha value is -2.88. The number of hydrogen-bond acceptors (Lipinski definition) is 6. The summed E-state index contributed by atoms with van der Waals surface area (Å²) in [6.45, 7) is 3.29. The summed E-state index contributed by atoms with van der Waals surface area (Å²) in [7, 11) is -3.47. The highest BCUT2D eigenvalue weighted by atomic mass is 32.2. The van der Waals surface area contributed by atoms with E-state index in [-0.39, 0.29) is 34.7 Å². The van der Waals surface area contributed by atoms with Crippen molar-refractivity contribution in [1.29, 1.82) is 0 Å². The third-order valence-electron chi connectivity index (χ3n) is 4.24. The Kier molecular flexibility index (Phi) is 5.89. The summed E-state index contributed by atoms with van der Waals surface area (Å²) in [5, 5.41) is 3.27. The van der Waals surface area contributed by atoms with Gasteiger partial charge in [0.25, 0.3) is 0 Å². The van der Waals surface area contributed by atoms with Gasteiger partial charge in [-0.05, 0) is 49.7 Å². The Labute approximate surface area is 172 Å². The van der Waals surface area contributed by atoms with Gasteiger partial charge in [0.15, 0.2) is 9.84 Å². The molecule has 0 unspecified atom stereocenters. The number of hydrogen-bond donors (Lipinski definition) is 1. The normalized spacial score (nSPS) is 12.4. The minimum Gasteiger partial charge on any atom is -0.491 e. The molecule has 3 aromatic rings. The summed E-state index contributed by atoms with van der Waals surface area (Å²) >= 11 is 0. The molecule has 0 amide bonds. The van der Waals surface area contributed by atoms with E-state index < -0.39 is 21.6 Å². The van der Waals surface area contributed by atoms with Crippen molar-refractivity contribution >= 4 is 26.6 Å². The maximum Gasteiger partial charge on any atom is 0.416 e. The second kappa shape index (κ2) is 8.10. The monoisotopic (exact) mass is 439 g/mol. The molecular formula is C20H20F3N3O3S. The summed E-state index contributed by atoms with van der Waals surface area (Å²) in [6, 6.07) is 8.14. The Morgan fingerprint density at radius 3 is 2.47 bits per heavy atom. The Morgan fingerprint density at radius 1 is 1.10 bits per heavy atom. The molecule has 0 aliphatic carbocycles. The van der Waals surface area contributed by atoms with Crippen LogP contribution in [-0.2, 0) is 22.6 Å². The van der Waals surface area contributed by atoms with E-state index in [4.69, 9.17) is 4.74 Å². The van der Waals surface area contributed by atoms with E-state index in [2.05, 4.69) is 15.3 Å². The van der Waals surface area contributed by atoms with E-state index in [0.717, 1.165) is 12.3 Å². The molecule has 2 aromatic carbocycles. The van der Waals surface area contributed by atoms with Gasteiger partial charge in [-0.25, -0.2) is 18.4 Å². The van der Waals surface area contributed by atoms with Gasteiger partial charge in [-0.1, -0.05) is 6.07 Å². The van der Waals surface area contributed by atoms with Crippen molar-refractivity contribution in [2.45, 2.75) is 37.6 Å². The average molecular weight is 439 g/mol. The number of benzene rings is 2. The fourth-order valence-corrected chi connectivity index (χ4v) is 3.55. The molecule has 0 bridgehead atoms. The van der Waals surface area contributed by atoms with E-state index in [9.17, 15) is 21.6 Å². The van der Waals surface area contributed by atoms with Crippen LogP contribution in [0.5, 0.6) is 5.75 Å². The highest BCUT2D eigenvalue weighted by Gasteiger charge is 2.34. The number of aromatic nitrogens is 2. The van der Waals surface area contributed by atoms with E-state index >= 15 is 0 Å². The topological polar surface area (TPSA) is 81.2 Å². The number of ether oxygens (including phenoxy) is 1. The molecular weight excluding hydrogens is 419 g/mol. The predicted octanol–water partition coefficient (Wildman–Crippen LogP) is 4.45. The predicted molar refractivity (Wildman–Crippen MR) is 107 cm³/mol. The number of sulfone groups is 1. The van der Waals surface area contributed by atoms with Gasteiger partial charge < -0.3 is 10.1 Å². The summed E-state index contributed by atoms with van der Waals surface area (Å²) < 4.78 is 69.7. The number of nitrogens with zero attached hydrogens (tertiary/aromatic N) is 2. The molecule has 3 rings (SSSR count). The number of alkyl halides is 3. The first-order valence-electron chi connectivity index (χ1n) is 9.00. The molecule has 0 saturated heterocycles. The van der Waals surface area contributed by atoms with Crippen LogP contribution in [0.15, 0.2) is 47.6 Å². The van der Waals surface area contributed by atoms with Gasteiger partial charge in [-0.2, -0.15) is 13.2 Å². The zero-order chi connectivity index (χ0) is 22.1. The fourth-order valence-electron chi connectivity index (χ4n) is 2.91. The van der Waals surface area contributed by atoms with Crippen molar-refractivity contribution in [2.24, 2.45) is 0 Å². The summed E-state index contributed by atoms with van der Waals surface area (Å²) in [6.07, 6.45) is -2.49. The Balaban J connectivity index is 1.96. The van der Waals surface area contributed by atoms with Gasteiger partial charge in [0.1, 0.15) is 17.9 Å². The molecule has 0 saturated carbocycles. The molecule has 160 valence electrons. The molecule has 10 heteroatoms. The SMILES string of the molecule is CC(C)Oc1ccc(CNc2ncnc3ccc(S(C)(=O)=O)cc23)c(C(F)(F)F)c1. The molecule has 0 aliphatic rings. The van der Waals surface area contributed by atoms with Crippen molar-refractivity contribution in [3.05, 3.63) is 53.9 Å². The van der Waals surface area contributed by atoms with Crippen LogP contribution in [0.3, 0.4) is 0 Å². The number of halogens is 3. The minimum absolute atomic E-state index is 0.00429. The molecule has 0 radical (unpaired) electrons. The molecule has 0 aliphatic heterocycles. The first kappa shape index (κ1) is 21.8. The molecule has 0 spiro atoms. The third-order valence-corrected chi connectivity index (χ3v) is 5.35. The quantitative estimate of drug-likeness (QED) is 0.611. The second-order valence-electron chi connectivity index (χ2n) is 7.01. The fraction of sp³-hybridized carbons (Fsp3) is 0.300. The number of rotatable bonds is 6. The molecule has 6 nitrogen and oxygen atoms in total. The highest BCUT2D eigenvalue weighted by Crippen LogP contribution is 2.35. The zero-order valence-corrected chi connectivity index (χ0v) is 17.3. The first-order chi connectivity index (χ1) is 13.9.